The van der Waals surface area contributed by atoms with Crippen LogP contribution < -0.4 is 10.2 Å². The Morgan fingerprint density at radius 3 is 2.42 bits per heavy atom. The summed E-state index contributed by atoms with van der Waals surface area (Å²) in [4.78, 5) is 36.4. The zero-order chi connectivity index (χ0) is 36.0. The molecule has 1 fully saturated rings. The van der Waals surface area contributed by atoms with E-state index in [1.807, 2.05) is 44.2 Å². The van der Waals surface area contributed by atoms with Crippen molar-refractivity contribution in [3.63, 3.8) is 0 Å². The summed E-state index contributed by atoms with van der Waals surface area (Å²) in [6, 6.07) is 19.8. The lowest BCUT2D eigenvalue weighted by molar-refractivity contribution is -0.342. The van der Waals surface area contributed by atoms with E-state index in [9.17, 15) is 34.8 Å². The average molecular weight is 693 g/mol. The number of aromatic hydroxyl groups is 1. The second-order valence-electron chi connectivity index (χ2n) is 12.6. The molecule has 1 aliphatic rings. The van der Waals surface area contributed by atoms with Gasteiger partial charge in [-0.3, -0.25) is 14.4 Å². The number of aliphatic hydroxyl groups is 3. The quantitative estimate of drug-likeness (QED) is 0.0951. The van der Waals surface area contributed by atoms with E-state index in [0.717, 1.165) is 5.56 Å². The third-order valence-corrected chi connectivity index (χ3v) is 8.48. The number of esters is 1. The van der Waals surface area contributed by atoms with Gasteiger partial charge in [0.05, 0.1) is 23.7 Å². The molecule has 1 saturated heterocycles. The van der Waals surface area contributed by atoms with Crippen molar-refractivity contribution in [2.75, 3.05) is 13.2 Å². The summed E-state index contributed by atoms with van der Waals surface area (Å²) >= 11 is 0. The molecule has 0 radical (unpaired) electrons. The molecule has 1 aromatic heterocycles. The molecule has 266 valence electrons. The number of aliphatic hydroxyl groups excluding tert-OH is 2. The fourth-order valence-corrected chi connectivity index (χ4v) is 5.91. The number of carboxylic acid groups (broad SMARTS) is 1. The van der Waals surface area contributed by atoms with Crippen LogP contribution in [0.2, 0.25) is 0 Å². The number of rotatable bonds is 14. The predicted molar refractivity (Wildman–Crippen MR) is 178 cm³/mol. The number of carboxylic acids is 1. The predicted octanol–water partition coefficient (Wildman–Crippen LogP) is 3.41. The number of hydrogen-bond donors (Lipinski definition) is 5. The Labute approximate surface area is 287 Å². The maximum Gasteiger partial charge on any atom is 0.317 e. The third-order valence-electron chi connectivity index (χ3n) is 8.48. The zero-order valence-electron chi connectivity index (χ0n) is 27.5. The van der Waals surface area contributed by atoms with Crippen LogP contribution >= 0.6 is 0 Å². The van der Waals surface area contributed by atoms with Gasteiger partial charge >= 0.3 is 11.9 Å². The van der Waals surface area contributed by atoms with Crippen LogP contribution in [-0.2, 0) is 30.2 Å². The Morgan fingerprint density at radius 2 is 1.74 bits per heavy atom. The molecule has 13 heteroatoms. The van der Waals surface area contributed by atoms with E-state index in [1.165, 1.54) is 36.6 Å². The van der Waals surface area contributed by atoms with Crippen LogP contribution in [0.5, 0.6) is 11.5 Å². The second-order valence-corrected chi connectivity index (χ2v) is 12.6. The standard InChI is InChI=1S/C37H40O13/c1-21(2)16-30(39)37(45)34(44)29(20-48-32(42)18-31(40)41)50-36(35(37)46-15-14-22-6-4-3-5-7-22)49-25-12-13-26-28(17-25)47-19-27(33(26)43)23-8-10-24(38)11-9-23/h3-13,17,19,21,29-30,34-36,38-39,44-45H,14-16,18,20H2,1-2H3,(H,40,41). The number of fused-ring (bicyclic) bond motifs is 1. The van der Waals surface area contributed by atoms with E-state index in [1.54, 1.807) is 12.1 Å². The molecule has 13 nitrogen and oxygen atoms in total. The SMILES string of the molecule is CC(C)CC(O)C1(O)C(O)C(COC(=O)CC(=O)O)OC(Oc2ccc3c(=O)c(-c4ccc(O)cc4)coc3c2)C1OCCc1ccccc1. The van der Waals surface area contributed by atoms with Crippen LogP contribution in [0, 0.1) is 5.92 Å². The van der Waals surface area contributed by atoms with E-state index in [-0.39, 0.29) is 52.4 Å². The van der Waals surface area contributed by atoms with Crippen LogP contribution in [0.25, 0.3) is 22.1 Å². The van der Waals surface area contributed by atoms with Crippen molar-refractivity contribution in [3.05, 3.63) is 94.8 Å². The van der Waals surface area contributed by atoms with Crippen LogP contribution in [0.4, 0.5) is 0 Å². The molecule has 0 saturated carbocycles. The molecule has 6 atom stereocenters. The van der Waals surface area contributed by atoms with Crippen molar-refractivity contribution in [1.82, 2.24) is 0 Å². The smallest absolute Gasteiger partial charge is 0.317 e. The Bertz CT molecular complexity index is 1820. The summed E-state index contributed by atoms with van der Waals surface area (Å²) in [5.41, 5.74) is -0.868. The molecule has 5 N–H and O–H groups in total. The van der Waals surface area contributed by atoms with Crippen LogP contribution in [0.1, 0.15) is 32.3 Å². The van der Waals surface area contributed by atoms with E-state index >= 15 is 0 Å². The molecule has 5 rings (SSSR count). The van der Waals surface area contributed by atoms with Crippen LogP contribution in [0.3, 0.4) is 0 Å². The van der Waals surface area contributed by atoms with Crippen molar-refractivity contribution in [1.29, 1.82) is 0 Å². The molecule has 0 bridgehead atoms. The van der Waals surface area contributed by atoms with E-state index in [0.29, 0.717) is 12.0 Å². The first-order valence-corrected chi connectivity index (χ1v) is 16.1. The van der Waals surface area contributed by atoms with Gasteiger partial charge in [-0.1, -0.05) is 56.3 Å². The van der Waals surface area contributed by atoms with Crippen molar-refractivity contribution < 1.29 is 58.5 Å². The lowest BCUT2D eigenvalue weighted by Gasteiger charge is -2.51. The van der Waals surface area contributed by atoms with Gasteiger partial charge in [-0.05, 0) is 54.2 Å². The highest BCUT2D eigenvalue weighted by Gasteiger charge is 2.61. The van der Waals surface area contributed by atoms with Gasteiger partial charge in [0, 0.05) is 6.07 Å². The Kier molecular flexibility index (Phi) is 11.6. The first kappa shape index (κ1) is 36.5. The van der Waals surface area contributed by atoms with Gasteiger partial charge in [0.25, 0.3) is 0 Å². The fourth-order valence-electron chi connectivity index (χ4n) is 5.91. The number of aliphatic carboxylic acids is 1. The number of carbonyl (C=O) groups is 2. The lowest BCUT2D eigenvalue weighted by Crippen LogP contribution is -2.73. The van der Waals surface area contributed by atoms with Gasteiger partial charge in [-0.2, -0.15) is 0 Å². The maximum absolute atomic E-state index is 13.3. The topological polar surface area (TPSA) is 202 Å². The molecule has 0 spiro atoms. The van der Waals surface area contributed by atoms with Crippen molar-refractivity contribution in [3.8, 4) is 22.6 Å². The second kappa shape index (κ2) is 15.8. The van der Waals surface area contributed by atoms with Gasteiger partial charge in [0.2, 0.25) is 6.29 Å². The summed E-state index contributed by atoms with van der Waals surface area (Å²) in [6.45, 7) is 2.98. The molecule has 6 unspecified atom stereocenters. The average Bonchev–Trinajstić information content (AvgIpc) is 3.07. The van der Waals surface area contributed by atoms with E-state index in [2.05, 4.69) is 0 Å². The molecule has 3 aromatic carbocycles. The van der Waals surface area contributed by atoms with Gasteiger partial charge in [-0.15, -0.1) is 0 Å². The highest BCUT2D eigenvalue weighted by Crippen LogP contribution is 2.38. The number of hydrogen-bond acceptors (Lipinski definition) is 12. The zero-order valence-corrected chi connectivity index (χ0v) is 27.5. The highest BCUT2D eigenvalue weighted by molar-refractivity contribution is 5.90. The molecule has 0 amide bonds. The molecule has 4 aromatic rings. The number of ether oxygens (including phenoxy) is 4. The Balaban J connectivity index is 1.48. The molecule has 0 aliphatic carbocycles. The monoisotopic (exact) mass is 692 g/mol. The third kappa shape index (κ3) is 8.32. The first-order chi connectivity index (χ1) is 23.9. The maximum atomic E-state index is 13.3. The van der Waals surface area contributed by atoms with Gasteiger partial charge in [0.1, 0.15) is 48.6 Å². The number of benzene rings is 3. The minimum Gasteiger partial charge on any atom is -0.508 e. The summed E-state index contributed by atoms with van der Waals surface area (Å²) < 4.78 is 29.2. The molecule has 2 heterocycles. The van der Waals surface area contributed by atoms with E-state index in [4.69, 9.17) is 28.5 Å². The molecular formula is C37H40O13. The molecule has 1 aliphatic heterocycles. The van der Waals surface area contributed by atoms with E-state index < -0.39 is 61.3 Å². The molecule has 50 heavy (non-hydrogen) atoms. The minimum atomic E-state index is -2.42. The Hall–Kier alpha value is -4.79. The van der Waals surface area contributed by atoms with Crippen molar-refractivity contribution in [2.45, 2.75) is 69.4 Å². The Morgan fingerprint density at radius 1 is 1.02 bits per heavy atom. The van der Waals surface area contributed by atoms with Crippen molar-refractivity contribution in [2.24, 2.45) is 5.92 Å². The van der Waals surface area contributed by atoms with Gasteiger partial charge in [0.15, 0.2) is 17.1 Å². The van der Waals surface area contributed by atoms with Crippen LogP contribution in [-0.4, -0.2) is 87.0 Å². The molecular weight excluding hydrogens is 652 g/mol. The van der Waals surface area contributed by atoms with Gasteiger partial charge < -0.3 is 48.9 Å². The van der Waals surface area contributed by atoms with Crippen molar-refractivity contribution >= 4 is 22.9 Å². The van der Waals surface area contributed by atoms with Gasteiger partial charge in [-0.25, -0.2) is 0 Å². The number of phenols is 1. The number of carbonyl (C=O) groups excluding carboxylic acids is 1. The summed E-state index contributed by atoms with van der Waals surface area (Å²) in [7, 11) is 0. The fraction of sp³-hybridized carbons (Fsp3) is 0.378. The normalized spacial score (nSPS) is 22.7. The summed E-state index contributed by atoms with van der Waals surface area (Å²) in [5, 5.41) is 53.9. The lowest BCUT2D eigenvalue weighted by atomic mass is 9.77. The first-order valence-electron chi connectivity index (χ1n) is 16.1. The van der Waals surface area contributed by atoms with Crippen LogP contribution in [0.15, 0.2) is 88.3 Å². The summed E-state index contributed by atoms with van der Waals surface area (Å²) in [6.07, 6.45) is -7.17. The summed E-state index contributed by atoms with van der Waals surface area (Å²) in [5.74, 6) is -2.50. The largest absolute Gasteiger partial charge is 0.508 e. The minimum absolute atomic E-state index is 0.0201. The number of phenolic OH excluding ortho intramolecular Hbond substituents is 1. The highest BCUT2D eigenvalue weighted by atomic mass is 16.7.